The number of aromatic nitrogens is 3. The molecule has 3 amide bonds. The maximum atomic E-state index is 12.2. The zero-order chi connectivity index (χ0) is 17.3. The van der Waals surface area contributed by atoms with Crippen LogP contribution in [0.25, 0.3) is 0 Å². The van der Waals surface area contributed by atoms with Crippen LogP contribution in [0.1, 0.15) is 42.9 Å². The number of fused-ring (bicyclic) bond motifs is 1. The minimum Gasteiger partial charge on any atom is -0.332 e. The molecule has 0 radical (unpaired) electrons. The largest absolute Gasteiger partial charge is 0.332 e. The van der Waals surface area contributed by atoms with Crippen molar-refractivity contribution in [2.75, 3.05) is 5.32 Å². The van der Waals surface area contributed by atoms with Gasteiger partial charge in [0.1, 0.15) is 6.33 Å². The van der Waals surface area contributed by atoms with Crippen molar-refractivity contribution in [1.29, 1.82) is 0 Å². The molecule has 2 atom stereocenters. The molecule has 126 valence electrons. The Kier molecular flexibility index (Phi) is 4.20. The van der Waals surface area contributed by atoms with Gasteiger partial charge in [-0.05, 0) is 31.0 Å². The Bertz CT molecular complexity index is 785. The number of nitrogens with zero attached hydrogens (tertiary/aromatic N) is 3. The molecule has 0 aliphatic carbocycles. The van der Waals surface area contributed by atoms with Gasteiger partial charge in [0.2, 0.25) is 5.91 Å². The first-order valence-corrected chi connectivity index (χ1v) is 7.77. The van der Waals surface area contributed by atoms with Gasteiger partial charge in [-0.3, -0.25) is 4.79 Å². The molecule has 1 aromatic heterocycles. The van der Waals surface area contributed by atoms with Crippen LogP contribution in [0.2, 0.25) is 0 Å². The van der Waals surface area contributed by atoms with Gasteiger partial charge in [-0.1, -0.05) is 12.1 Å². The first-order chi connectivity index (χ1) is 11.4. The molecule has 1 aromatic carbocycles. The Labute approximate surface area is 139 Å². The van der Waals surface area contributed by atoms with E-state index in [0.29, 0.717) is 12.2 Å². The normalized spacial score (nSPS) is 15.4. The average molecular weight is 328 g/mol. The molecule has 2 aromatic rings. The molecule has 3 N–H and O–H groups in total. The number of amides is 3. The van der Waals surface area contributed by atoms with Crippen molar-refractivity contribution in [3.05, 3.63) is 41.5 Å². The third-order valence-electron chi connectivity index (χ3n) is 4.08. The lowest BCUT2D eigenvalue weighted by Crippen LogP contribution is -2.39. The number of carbonyl (C=O) groups is 2. The van der Waals surface area contributed by atoms with E-state index >= 15 is 0 Å². The maximum absolute atomic E-state index is 12.2. The lowest BCUT2D eigenvalue weighted by Gasteiger charge is -2.18. The van der Waals surface area contributed by atoms with Gasteiger partial charge in [0.05, 0.1) is 18.5 Å². The van der Waals surface area contributed by atoms with E-state index in [1.807, 2.05) is 39.1 Å². The third kappa shape index (κ3) is 3.22. The van der Waals surface area contributed by atoms with Crippen LogP contribution < -0.4 is 16.0 Å². The maximum Gasteiger partial charge on any atom is 0.315 e. The number of nitrogens with one attached hydrogen (secondary N) is 3. The molecule has 3 rings (SSSR count). The second-order valence-corrected chi connectivity index (χ2v) is 6.00. The number of carbonyl (C=O) groups excluding carboxylic acids is 2. The molecule has 24 heavy (non-hydrogen) atoms. The first kappa shape index (κ1) is 16.0. The van der Waals surface area contributed by atoms with Gasteiger partial charge in [0.25, 0.3) is 0 Å². The van der Waals surface area contributed by atoms with Crippen LogP contribution >= 0.6 is 0 Å². The second kappa shape index (κ2) is 6.31. The number of aryl methyl sites for hydroxylation is 1. The summed E-state index contributed by atoms with van der Waals surface area (Å²) in [5, 5.41) is 16.3. The fourth-order valence-electron chi connectivity index (χ4n) is 2.79. The minimum atomic E-state index is -0.285. The number of rotatable bonds is 4. The molecule has 0 unspecified atom stereocenters. The summed E-state index contributed by atoms with van der Waals surface area (Å²) in [4.78, 5) is 23.6. The molecule has 0 saturated carbocycles. The van der Waals surface area contributed by atoms with Crippen LogP contribution in [0.15, 0.2) is 24.5 Å². The van der Waals surface area contributed by atoms with Crippen molar-refractivity contribution in [2.24, 2.45) is 7.05 Å². The van der Waals surface area contributed by atoms with Crippen molar-refractivity contribution in [3.8, 4) is 0 Å². The van der Waals surface area contributed by atoms with Gasteiger partial charge in [0, 0.05) is 12.7 Å². The number of benzene rings is 1. The molecule has 0 bridgehead atoms. The van der Waals surface area contributed by atoms with E-state index in [1.165, 1.54) is 0 Å². The van der Waals surface area contributed by atoms with Crippen molar-refractivity contribution >= 4 is 17.6 Å². The van der Waals surface area contributed by atoms with Crippen molar-refractivity contribution in [1.82, 2.24) is 25.4 Å². The van der Waals surface area contributed by atoms with Crippen LogP contribution in [0.4, 0.5) is 10.5 Å². The van der Waals surface area contributed by atoms with Gasteiger partial charge in [-0.25, -0.2) is 4.79 Å². The van der Waals surface area contributed by atoms with Crippen LogP contribution in [0, 0.1) is 0 Å². The van der Waals surface area contributed by atoms with Crippen LogP contribution in [-0.4, -0.2) is 26.7 Å². The van der Waals surface area contributed by atoms with Crippen molar-refractivity contribution < 1.29 is 9.59 Å². The summed E-state index contributed by atoms with van der Waals surface area (Å²) in [6, 6.07) is 5.00. The standard InChI is InChI=1S/C16H20N6O2/c1-9(11-4-5-13-12(6-11)7-14(23)20-13)18-16(24)19-10(2)15-21-17-8-22(15)3/h4-6,8-10H,7H2,1-3H3,(H,20,23)(H2,18,19,24)/t9-,10-/m1/s1. The van der Waals surface area contributed by atoms with Crippen molar-refractivity contribution in [3.63, 3.8) is 0 Å². The lowest BCUT2D eigenvalue weighted by atomic mass is 10.0. The van der Waals surface area contributed by atoms with Gasteiger partial charge in [-0.2, -0.15) is 0 Å². The molecule has 0 fully saturated rings. The highest BCUT2D eigenvalue weighted by molar-refractivity contribution is 5.99. The van der Waals surface area contributed by atoms with Crippen molar-refractivity contribution in [2.45, 2.75) is 32.4 Å². The zero-order valence-electron chi connectivity index (χ0n) is 13.8. The van der Waals surface area contributed by atoms with Gasteiger partial charge in [-0.15, -0.1) is 10.2 Å². The molecule has 8 heteroatoms. The Balaban J connectivity index is 1.61. The predicted molar refractivity (Wildman–Crippen MR) is 88.3 cm³/mol. The summed E-state index contributed by atoms with van der Waals surface area (Å²) < 4.78 is 1.76. The minimum absolute atomic E-state index is 0.00185. The summed E-state index contributed by atoms with van der Waals surface area (Å²) in [6.45, 7) is 3.75. The molecular formula is C16H20N6O2. The van der Waals surface area contributed by atoms with E-state index in [1.54, 1.807) is 10.9 Å². The highest BCUT2D eigenvalue weighted by Gasteiger charge is 2.20. The van der Waals surface area contributed by atoms with E-state index in [4.69, 9.17) is 0 Å². The zero-order valence-corrected chi connectivity index (χ0v) is 13.8. The SMILES string of the molecule is C[C@@H](NC(=O)N[C@H](C)c1nncn1C)c1ccc2c(c1)CC(=O)N2. The number of hydrogen-bond donors (Lipinski definition) is 3. The molecule has 2 heterocycles. The Morgan fingerprint density at radius 2 is 2.04 bits per heavy atom. The average Bonchev–Trinajstić information content (AvgIpc) is 3.10. The molecule has 1 aliphatic rings. The number of anilines is 1. The number of hydrogen-bond acceptors (Lipinski definition) is 4. The molecular weight excluding hydrogens is 308 g/mol. The predicted octanol–water partition coefficient (Wildman–Crippen LogP) is 1.43. The Morgan fingerprint density at radius 1 is 1.29 bits per heavy atom. The summed E-state index contributed by atoms with van der Waals surface area (Å²) in [7, 11) is 1.83. The Morgan fingerprint density at radius 3 is 2.75 bits per heavy atom. The van der Waals surface area contributed by atoms with E-state index in [9.17, 15) is 9.59 Å². The first-order valence-electron chi connectivity index (χ1n) is 7.77. The van der Waals surface area contributed by atoms with Crippen LogP contribution in [-0.2, 0) is 18.3 Å². The quantitative estimate of drug-likeness (QED) is 0.790. The van der Waals surface area contributed by atoms with Gasteiger partial charge >= 0.3 is 6.03 Å². The molecule has 1 aliphatic heterocycles. The van der Waals surface area contributed by atoms with E-state index < -0.39 is 0 Å². The molecule has 0 spiro atoms. The van der Waals surface area contributed by atoms with E-state index in [0.717, 1.165) is 16.8 Å². The molecule has 8 nitrogen and oxygen atoms in total. The van der Waals surface area contributed by atoms with Gasteiger partial charge in [0.15, 0.2) is 5.82 Å². The van der Waals surface area contributed by atoms with Crippen LogP contribution in [0.5, 0.6) is 0 Å². The molecule has 0 saturated heterocycles. The third-order valence-corrected chi connectivity index (χ3v) is 4.08. The van der Waals surface area contributed by atoms with Crippen LogP contribution in [0.3, 0.4) is 0 Å². The fraction of sp³-hybridized carbons (Fsp3) is 0.375. The highest BCUT2D eigenvalue weighted by Crippen LogP contribution is 2.26. The smallest absolute Gasteiger partial charge is 0.315 e. The highest BCUT2D eigenvalue weighted by atomic mass is 16.2. The monoisotopic (exact) mass is 328 g/mol. The Hall–Kier alpha value is -2.90. The topological polar surface area (TPSA) is 101 Å². The summed E-state index contributed by atoms with van der Waals surface area (Å²) in [5.41, 5.74) is 2.75. The fourth-order valence-corrected chi connectivity index (χ4v) is 2.79. The van der Waals surface area contributed by atoms with Gasteiger partial charge < -0.3 is 20.5 Å². The van der Waals surface area contributed by atoms with E-state index in [2.05, 4.69) is 26.1 Å². The summed E-state index contributed by atoms with van der Waals surface area (Å²) >= 11 is 0. The summed E-state index contributed by atoms with van der Waals surface area (Å²) in [6.07, 6.45) is 1.97. The van der Waals surface area contributed by atoms with E-state index in [-0.39, 0.29) is 24.0 Å². The summed E-state index contributed by atoms with van der Waals surface area (Å²) in [5.74, 6) is 0.679. The lowest BCUT2D eigenvalue weighted by molar-refractivity contribution is -0.115. The number of urea groups is 1. The second-order valence-electron chi connectivity index (χ2n) is 6.00.